The molecule has 4 nitrogen and oxygen atoms in total. The molecule has 0 amide bonds. The fourth-order valence-electron chi connectivity index (χ4n) is 3.53. The normalized spacial score (nSPS) is 18.7. The summed E-state index contributed by atoms with van der Waals surface area (Å²) in [5.74, 6) is 1.71. The number of rotatable bonds is 8. The fraction of sp³-hybridized carbons (Fsp3) is 0.455. The number of ether oxygens (including phenoxy) is 2. The lowest BCUT2D eigenvalue weighted by Gasteiger charge is -2.27. The lowest BCUT2D eigenvalue weighted by molar-refractivity contribution is 0.0638. The van der Waals surface area contributed by atoms with Gasteiger partial charge in [-0.3, -0.25) is 4.90 Å². The van der Waals surface area contributed by atoms with E-state index in [2.05, 4.69) is 17.0 Å². The molecular weight excluding hydrogens is 326 g/mol. The zero-order valence-electron chi connectivity index (χ0n) is 15.7. The molecule has 2 unspecified atom stereocenters. The van der Waals surface area contributed by atoms with Gasteiger partial charge in [0.25, 0.3) is 0 Å². The molecule has 0 spiro atoms. The van der Waals surface area contributed by atoms with Gasteiger partial charge in [0.2, 0.25) is 0 Å². The van der Waals surface area contributed by atoms with E-state index in [1.807, 2.05) is 50.2 Å². The molecule has 0 radical (unpaired) electrons. The SMILES string of the molecule is CCOc1ccc(C2CCCN2CC(O)COc2ccc(C)cc2)cc1. The van der Waals surface area contributed by atoms with Crippen LogP contribution in [-0.4, -0.2) is 42.4 Å². The third kappa shape index (κ3) is 4.99. The van der Waals surface area contributed by atoms with E-state index in [4.69, 9.17) is 9.47 Å². The summed E-state index contributed by atoms with van der Waals surface area (Å²) in [7, 11) is 0. The van der Waals surface area contributed by atoms with Crippen molar-refractivity contribution in [2.45, 2.75) is 38.8 Å². The molecule has 2 aromatic carbocycles. The maximum absolute atomic E-state index is 10.4. The second-order valence-electron chi connectivity index (χ2n) is 6.93. The molecule has 0 aliphatic carbocycles. The number of hydrogen-bond donors (Lipinski definition) is 1. The van der Waals surface area contributed by atoms with Crippen LogP contribution in [0.3, 0.4) is 0 Å². The highest BCUT2D eigenvalue weighted by Crippen LogP contribution is 2.32. The Hall–Kier alpha value is -2.04. The average Bonchev–Trinajstić information content (AvgIpc) is 3.10. The van der Waals surface area contributed by atoms with Gasteiger partial charge in [-0.15, -0.1) is 0 Å². The number of hydrogen-bond acceptors (Lipinski definition) is 4. The van der Waals surface area contributed by atoms with Crippen LogP contribution in [0.5, 0.6) is 11.5 Å². The molecule has 0 bridgehead atoms. The van der Waals surface area contributed by atoms with Crippen LogP contribution in [-0.2, 0) is 0 Å². The van der Waals surface area contributed by atoms with Crippen molar-refractivity contribution < 1.29 is 14.6 Å². The number of β-amino-alcohol motifs (C(OH)–C–C–N with tert-alkyl or cyclic N) is 1. The van der Waals surface area contributed by atoms with Crippen molar-refractivity contribution in [3.63, 3.8) is 0 Å². The van der Waals surface area contributed by atoms with Gasteiger partial charge < -0.3 is 14.6 Å². The van der Waals surface area contributed by atoms with E-state index in [-0.39, 0.29) is 0 Å². The van der Waals surface area contributed by atoms with Crippen molar-refractivity contribution in [1.82, 2.24) is 4.90 Å². The molecule has 0 aromatic heterocycles. The fourth-order valence-corrected chi connectivity index (χ4v) is 3.53. The summed E-state index contributed by atoms with van der Waals surface area (Å²) in [5, 5.41) is 10.4. The van der Waals surface area contributed by atoms with Crippen molar-refractivity contribution in [1.29, 1.82) is 0 Å². The second-order valence-corrected chi connectivity index (χ2v) is 6.93. The summed E-state index contributed by atoms with van der Waals surface area (Å²) < 4.78 is 11.2. The Morgan fingerprint density at radius 3 is 2.38 bits per heavy atom. The van der Waals surface area contributed by atoms with Crippen molar-refractivity contribution in [3.05, 3.63) is 59.7 Å². The Labute approximate surface area is 156 Å². The number of aliphatic hydroxyl groups is 1. The van der Waals surface area contributed by atoms with Gasteiger partial charge in [-0.1, -0.05) is 29.8 Å². The van der Waals surface area contributed by atoms with E-state index in [9.17, 15) is 5.11 Å². The largest absolute Gasteiger partial charge is 0.494 e. The molecule has 1 N–H and O–H groups in total. The quantitative estimate of drug-likeness (QED) is 0.778. The monoisotopic (exact) mass is 355 g/mol. The van der Waals surface area contributed by atoms with Crippen LogP contribution < -0.4 is 9.47 Å². The first-order valence-corrected chi connectivity index (χ1v) is 9.50. The van der Waals surface area contributed by atoms with Crippen molar-refractivity contribution in [2.75, 3.05) is 26.3 Å². The molecule has 2 atom stereocenters. The highest BCUT2D eigenvalue weighted by molar-refractivity contribution is 5.30. The number of aryl methyl sites for hydroxylation is 1. The summed E-state index contributed by atoms with van der Waals surface area (Å²) in [5.41, 5.74) is 2.49. The smallest absolute Gasteiger partial charge is 0.119 e. The van der Waals surface area contributed by atoms with Crippen LogP contribution in [0.25, 0.3) is 0 Å². The van der Waals surface area contributed by atoms with Gasteiger partial charge >= 0.3 is 0 Å². The minimum absolute atomic E-state index is 0.315. The van der Waals surface area contributed by atoms with E-state index < -0.39 is 6.10 Å². The van der Waals surface area contributed by atoms with Gasteiger partial charge in [0.1, 0.15) is 24.2 Å². The van der Waals surface area contributed by atoms with E-state index in [1.54, 1.807) is 0 Å². The van der Waals surface area contributed by atoms with E-state index in [0.717, 1.165) is 30.9 Å². The molecule has 26 heavy (non-hydrogen) atoms. The average molecular weight is 355 g/mol. The highest BCUT2D eigenvalue weighted by Gasteiger charge is 2.27. The van der Waals surface area contributed by atoms with Gasteiger partial charge in [-0.25, -0.2) is 0 Å². The van der Waals surface area contributed by atoms with Gasteiger partial charge in [0, 0.05) is 12.6 Å². The first-order valence-electron chi connectivity index (χ1n) is 9.50. The molecule has 1 aliphatic rings. The van der Waals surface area contributed by atoms with Gasteiger partial charge in [-0.2, -0.15) is 0 Å². The number of likely N-dealkylation sites (tertiary alicyclic amines) is 1. The summed E-state index contributed by atoms with van der Waals surface area (Å²) in [6, 6.07) is 16.6. The summed E-state index contributed by atoms with van der Waals surface area (Å²) >= 11 is 0. The zero-order valence-corrected chi connectivity index (χ0v) is 15.7. The summed E-state index contributed by atoms with van der Waals surface area (Å²) in [6.45, 7) is 6.68. The maximum atomic E-state index is 10.4. The van der Waals surface area contributed by atoms with Crippen LogP contribution in [0.4, 0.5) is 0 Å². The van der Waals surface area contributed by atoms with Crippen LogP contribution >= 0.6 is 0 Å². The lowest BCUT2D eigenvalue weighted by atomic mass is 10.0. The Balaban J connectivity index is 1.53. The third-order valence-electron chi connectivity index (χ3n) is 4.85. The Morgan fingerprint density at radius 2 is 1.69 bits per heavy atom. The predicted molar refractivity (Wildman–Crippen MR) is 104 cm³/mol. The van der Waals surface area contributed by atoms with E-state index in [1.165, 1.54) is 11.1 Å². The van der Waals surface area contributed by atoms with Crippen molar-refractivity contribution >= 4 is 0 Å². The molecule has 2 aromatic rings. The number of aliphatic hydroxyl groups excluding tert-OH is 1. The lowest BCUT2D eigenvalue weighted by Crippen LogP contribution is -2.35. The molecule has 1 fully saturated rings. The molecular formula is C22H29NO3. The highest BCUT2D eigenvalue weighted by atomic mass is 16.5. The molecule has 3 rings (SSSR count). The topological polar surface area (TPSA) is 41.9 Å². The molecule has 140 valence electrons. The number of nitrogens with zero attached hydrogens (tertiary/aromatic N) is 1. The van der Waals surface area contributed by atoms with Crippen molar-refractivity contribution in [3.8, 4) is 11.5 Å². The number of benzene rings is 2. The molecule has 0 saturated carbocycles. The van der Waals surface area contributed by atoms with Crippen LogP contribution in [0.2, 0.25) is 0 Å². The molecule has 1 heterocycles. The first-order chi connectivity index (χ1) is 12.7. The first kappa shape index (κ1) is 18.7. The Bertz CT molecular complexity index is 669. The predicted octanol–water partition coefficient (Wildman–Crippen LogP) is 3.97. The maximum Gasteiger partial charge on any atom is 0.119 e. The van der Waals surface area contributed by atoms with Crippen LogP contribution in [0.15, 0.2) is 48.5 Å². The van der Waals surface area contributed by atoms with E-state index >= 15 is 0 Å². The van der Waals surface area contributed by atoms with Crippen LogP contribution in [0.1, 0.15) is 36.9 Å². The van der Waals surface area contributed by atoms with Crippen molar-refractivity contribution in [2.24, 2.45) is 0 Å². The molecule has 1 saturated heterocycles. The molecule has 1 aliphatic heterocycles. The standard InChI is InChI=1S/C22H29NO3/c1-3-25-20-12-8-18(9-13-20)22-5-4-14-23(22)15-19(24)16-26-21-10-6-17(2)7-11-21/h6-13,19,22,24H,3-5,14-16H2,1-2H3. The van der Waals surface area contributed by atoms with Gasteiger partial charge in [-0.05, 0) is 63.1 Å². The van der Waals surface area contributed by atoms with Gasteiger partial charge in [0.15, 0.2) is 0 Å². The minimum atomic E-state index is -0.500. The van der Waals surface area contributed by atoms with Crippen LogP contribution in [0, 0.1) is 6.92 Å². The summed E-state index contributed by atoms with van der Waals surface area (Å²) in [4.78, 5) is 2.36. The minimum Gasteiger partial charge on any atom is -0.494 e. The van der Waals surface area contributed by atoms with Gasteiger partial charge in [0.05, 0.1) is 6.61 Å². The Kier molecular flexibility index (Phi) is 6.53. The zero-order chi connectivity index (χ0) is 18.4. The van der Waals surface area contributed by atoms with E-state index in [0.29, 0.717) is 25.8 Å². The summed E-state index contributed by atoms with van der Waals surface area (Å²) in [6.07, 6.45) is 1.78. The second kappa shape index (κ2) is 9.06. The third-order valence-corrected chi connectivity index (χ3v) is 4.85. The molecule has 4 heteroatoms. The Morgan fingerprint density at radius 1 is 1.04 bits per heavy atom.